The summed E-state index contributed by atoms with van der Waals surface area (Å²) in [6.07, 6.45) is -0.344. The van der Waals surface area contributed by atoms with Gasteiger partial charge >= 0.3 is 12.1 Å². The molecule has 1 saturated heterocycles. The third-order valence-electron chi connectivity index (χ3n) is 4.29. The van der Waals surface area contributed by atoms with E-state index in [0.29, 0.717) is 38.3 Å². The van der Waals surface area contributed by atoms with Gasteiger partial charge in [0.25, 0.3) is 5.91 Å². The number of amides is 4. The van der Waals surface area contributed by atoms with Crippen molar-refractivity contribution in [3.05, 3.63) is 35.4 Å². The van der Waals surface area contributed by atoms with E-state index < -0.39 is 5.60 Å². The summed E-state index contributed by atoms with van der Waals surface area (Å²) in [6.45, 7) is 11.5. The van der Waals surface area contributed by atoms with Crippen LogP contribution in [0.4, 0.5) is 9.59 Å². The number of carbonyl (C=O) groups excluding carboxylic acids is 3. The lowest BCUT2D eigenvalue weighted by molar-refractivity contribution is 0.0141. The van der Waals surface area contributed by atoms with Gasteiger partial charge in [0.2, 0.25) is 0 Å². The third kappa shape index (κ3) is 7.29. The van der Waals surface area contributed by atoms with Crippen LogP contribution in [0.3, 0.4) is 0 Å². The molecule has 1 aliphatic heterocycles. The molecule has 0 spiro atoms. The van der Waals surface area contributed by atoms with Crippen LogP contribution in [0.2, 0.25) is 0 Å². The zero-order chi connectivity index (χ0) is 21.6. The van der Waals surface area contributed by atoms with E-state index in [2.05, 4.69) is 10.6 Å². The number of ether oxygens (including phenoxy) is 1. The topological polar surface area (TPSA) is 91.0 Å². The average molecular weight is 405 g/mol. The van der Waals surface area contributed by atoms with E-state index in [1.165, 1.54) is 0 Å². The zero-order valence-corrected chi connectivity index (χ0v) is 17.9. The van der Waals surface area contributed by atoms with Crippen LogP contribution in [0, 0.1) is 0 Å². The molecule has 160 valence electrons. The number of carbonyl (C=O) groups is 3. The second-order valence-electron chi connectivity index (χ2n) is 8.44. The standard InChI is InChI=1S/C21H32N4O4/c1-15(2)23-19(27)22-14-16-6-8-17(9-7-16)18(26)24-10-12-25(13-11-24)20(28)29-21(3,4)5/h6-9,15H,10-14H2,1-5H3,(H2,22,23,27). The summed E-state index contributed by atoms with van der Waals surface area (Å²) < 4.78 is 5.38. The van der Waals surface area contributed by atoms with E-state index >= 15 is 0 Å². The summed E-state index contributed by atoms with van der Waals surface area (Å²) in [6, 6.07) is 7.05. The van der Waals surface area contributed by atoms with Crippen molar-refractivity contribution in [1.82, 2.24) is 20.4 Å². The molecule has 0 radical (unpaired) electrons. The van der Waals surface area contributed by atoms with Gasteiger partial charge in [0, 0.05) is 44.3 Å². The number of hydrogen-bond donors (Lipinski definition) is 2. The molecule has 1 heterocycles. The minimum absolute atomic E-state index is 0.0640. The third-order valence-corrected chi connectivity index (χ3v) is 4.29. The maximum absolute atomic E-state index is 12.7. The maximum Gasteiger partial charge on any atom is 0.410 e. The second-order valence-corrected chi connectivity index (χ2v) is 8.44. The van der Waals surface area contributed by atoms with Gasteiger partial charge < -0.3 is 25.2 Å². The molecule has 29 heavy (non-hydrogen) atoms. The Morgan fingerprint density at radius 2 is 1.55 bits per heavy atom. The lowest BCUT2D eigenvalue weighted by Crippen LogP contribution is -2.51. The lowest BCUT2D eigenvalue weighted by Gasteiger charge is -2.35. The van der Waals surface area contributed by atoms with E-state index in [1.807, 2.05) is 46.8 Å². The van der Waals surface area contributed by atoms with Crippen LogP contribution < -0.4 is 10.6 Å². The Bertz CT molecular complexity index is 717. The molecule has 2 rings (SSSR count). The van der Waals surface area contributed by atoms with Crippen molar-refractivity contribution < 1.29 is 19.1 Å². The zero-order valence-electron chi connectivity index (χ0n) is 17.9. The Morgan fingerprint density at radius 3 is 2.07 bits per heavy atom. The van der Waals surface area contributed by atoms with E-state index in [-0.39, 0.29) is 24.1 Å². The van der Waals surface area contributed by atoms with Crippen molar-refractivity contribution in [3.8, 4) is 0 Å². The first-order valence-corrected chi connectivity index (χ1v) is 9.95. The largest absolute Gasteiger partial charge is 0.444 e. The van der Waals surface area contributed by atoms with Crippen LogP contribution >= 0.6 is 0 Å². The molecule has 1 aromatic rings. The van der Waals surface area contributed by atoms with Gasteiger partial charge in [-0.05, 0) is 52.3 Å². The van der Waals surface area contributed by atoms with Crippen LogP contribution in [-0.4, -0.2) is 65.7 Å². The Labute approximate surface area is 172 Å². The number of nitrogens with one attached hydrogen (secondary N) is 2. The van der Waals surface area contributed by atoms with Crippen molar-refractivity contribution in [1.29, 1.82) is 0 Å². The van der Waals surface area contributed by atoms with Gasteiger partial charge in [-0.3, -0.25) is 4.79 Å². The summed E-state index contributed by atoms with van der Waals surface area (Å²) in [4.78, 5) is 39.9. The molecule has 1 aliphatic rings. The van der Waals surface area contributed by atoms with Crippen molar-refractivity contribution in [2.45, 2.75) is 52.8 Å². The van der Waals surface area contributed by atoms with Crippen LogP contribution in [0.1, 0.15) is 50.5 Å². The SMILES string of the molecule is CC(C)NC(=O)NCc1ccc(C(=O)N2CCN(C(=O)OC(C)(C)C)CC2)cc1. The fourth-order valence-electron chi connectivity index (χ4n) is 2.86. The molecule has 8 nitrogen and oxygen atoms in total. The first kappa shape index (κ1) is 22.5. The molecule has 0 atom stereocenters. The molecule has 8 heteroatoms. The molecular formula is C21H32N4O4. The molecule has 0 bridgehead atoms. The predicted octanol–water partition coefficient (Wildman–Crippen LogP) is 2.59. The fraction of sp³-hybridized carbons (Fsp3) is 0.571. The quantitative estimate of drug-likeness (QED) is 0.807. The number of nitrogens with zero attached hydrogens (tertiary/aromatic N) is 2. The summed E-state index contributed by atoms with van der Waals surface area (Å²) in [7, 11) is 0. The summed E-state index contributed by atoms with van der Waals surface area (Å²) in [5, 5.41) is 5.54. The van der Waals surface area contributed by atoms with Gasteiger partial charge in [0.15, 0.2) is 0 Å². The van der Waals surface area contributed by atoms with Crippen LogP contribution in [0.25, 0.3) is 0 Å². The predicted molar refractivity (Wildman–Crippen MR) is 111 cm³/mol. The molecule has 4 amide bonds. The molecule has 1 aromatic carbocycles. The molecule has 1 fully saturated rings. The first-order chi connectivity index (χ1) is 13.5. The summed E-state index contributed by atoms with van der Waals surface area (Å²) >= 11 is 0. The highest BCUT2D eigenvalue weighted by molar-refractivity contribution is 5.94. The van der Waals surface area contributed by atoms with Gasteiger partial charge in [-0.25, -0.2) is 9.59 Å². The molecule has 0 aliphatic carbocycles. The van der Waals surface area contributed by atoms with Crippen LogP contribution in [0.15, 0.2) is 24.3 Å². The van der Waals surface area contributed by atoms with Gasteiger partial charge in [-0.1, -0.05) is 12.1 Å². The second kappa shape index (κ2) is 9.62. The summed E-state index contributed by atoms with van der Waals surface area (Å²) in [5.41, 5.74) is 0.970. The van der Waals surface area contributed by atoms with Crippen molar-refractivity contribution in [2.24, 2.45) is 0 Å². The highest BCUT2D eigenvalue weighted by atomic mass is 16.6. The Morgan fingerprint density at radius 1 is 1.00 bits per heavy atom. The minimum Gasteiger partial charge on any atom is -0.444 e. The van der Waals surface area contributed by atoms with Gasteiger partial charge in [-0.15, -0.1) is 0 Å². The first-order valence-electron chi connectivity index (χ1n) is 9.95. The van der Waals surface area contributed by atoms with Crippen LogP contribution in [0.5, 0.6) is 0 Å². The normalized spacial score (nSPS) is 14.6. The maximum atomic E-state index is 12.7. The summed E-state index contributed by atoms with van der Waals surface area (Å²) in [5.74, 6) is -0.0640. The Hall–Kier alpha value is -2.77. The molecule has 2 N–H and O–H groups in total. The molecule has 0 aromatic heterocycles. The van der Waals surface area contributed by atoms with Gasteiger partial charge in [0.1, 0.15) is 5.60 Å². The molecule has 0 saturated carbocycles. The van der Waals surface area contributed by atoms with Gasteiger partial charge in [0.05, 0.1) is 0 Å². The number of hydrogen-bond acceptors (Lipinski definition) is 4. The number of rotatable bonds is 4. The average Bonchev–Trinajstić information content (AvgIpc) is 2.64. The van der Waals surface area contributed by atoms with Crippen molar-refractivity contribution in [3.63, 3.8) is 0 Å². The number of piperazine rings is 1. The van der Waals surface area contributed by atoms with E-state index in [1.54, 1.807) is 21.9 Å². The van der Waals surface area contributed by atoms with Crippen LogP contribution in [-0.2, 0) is 11.3 Å². The minimum atomic E-state index is -0.532. The number of benzene rings is 1. The lowest BCUT2D eigenvalue weighted by atomic mass is 10.1. The molecule has 0 unspecified atom stereocenters. The monoisotopic (exact) mass is 404 g/mol. The Balaban J connectivity index is 1.84. The fourth-order valence-corrected chi connectivity index (χ4v) is 2.86. The van der Waals surface area contributed by atoms with E-state index in [0.717, 1.165) is 5.56 Å². The Kier molecular flexibility index (Phi) is 7.47. The highest BCUT2D eigenvalue weighted by Crippen LogP contribution is 2.14. The van der Waals surface area contributed by atoms with Crippen molar-refractivity contribution in [2.75, 3.05) is 26.2 Å². The van der Waals surface area contributed by atoms with Gasteiger partial charge in [-0.2, -0.15) is 0 Å². The van der Waals surface area contributed by atoms with E-state index in [9.17, 15) is 14.4 Å². The smallest absolute Gasteiger partial charge is 0.410 e. The molecular weight excluding hydrogens is 372 g/mol. The number of urea groups is 1. The van der Waals surface area contributed by atoms with E-state index in [4.69, 9.17) is 4.74 Å². The highest BCUT2D eigenvalue weighted by Gasteiger charge is 2.28. The van der Waals surface area contributed by atoms with Crippen molar-refractivity contribution >= 4 is 18.0 Å².